The van der Waals surface area contributed by atoms with Crippen molar-refractivity contribution in [3.05, 3.63) is 41.3 Å². The Kier molecular flexibility index (Phi) is 9.77. The van der Waals surface area contributed by atoms with Crippen molar-refractivity contribution in [1.82, 2.24) is 20.5 Å². The van der Waals surface area contributed by atoms with Crippen LogP contribution in [0.2, 0.25) is 0 Å². The van der Waals surface area contributed by atoms with Gasteiger partial charge in [-0.1, -0.05) is 11.6 Å². The summed E-state index contributed by atoms with van der Waals surface area (Å²) in [5.41, 5.74) is 0.318. The molecule has 0 saturated heterocycles. The predicted molar refractivity (Wildman–Crippen MR) is 149 cm³/mol. The maximum absolute atomic E-state index is 13.3. The van der Waals surface area contributed by atoms with Gasteiger partial charge in [-0.05, 0) is 71.1 Å². The number of benzene rings is 1. The minimum Gasteiger partial charge on any atom is -0.489 e. The van der Waals surface area contributed by atoms with Gasteiger partial charge in [0.1, 0.15) is 5.60 Å². The molecule has 2 aromatic rings. The number of carbonyl (C=O) groups excluding carboxylic acids is 2. The van der Waals surface area contributed by atoms with E-state index in [1.807, 2.05) is 0 Å². The zero-order valence-corrected chi connectivity index (χ0v) is 24.4. The molecule has 0 unspecified atom stereocenters. The molecule has 1 aliphatic carbocycles. The van der Waals surface area contributed by atoms with Crippen LogP contribution in [0.1, 0.15) is 69.2 Å². The lowest BCUT2D eigenvalue weighted by Crippen LogP contribution is -2.36. The molecule has 1 aliphatic heterocycles. The van der Waals surface area contributed by atoms with Crippen LogP contribution in [0.3, 0.4) is 0 Å². The average Bonchev–Trinajstić information content (AvgIpc) is 3.65. The average molecular weight is 607 g/mol. The van der Waals surface area contributed by atoms with Gasteiger partial charge in [0.25, 0.3) is 5.91 Å². The molecule has 3 amide bonds. The van der Waals surface area contributed by atoms with E-state index in [9.17, 15) is 23.2 Å². The summed E-state index contributed by atoms with van der Waals surface area (Å²) < 4.78 is 47.7. The number of nitrogens with one attached hydrogen (secondary N) is 2. The molecule has 0 spiro atoms. The number of oxazole rings is 1. The molecule has 3 N–H and O–H groups in total. The first-order valence-electron chi connectivity index (χ1n) is 13.9. The second-order valence-corrected chi connectivity index (χ2v) is 11.4. The fourth-order valence-corrected chi connectivity index (χ4v) is 4.22. The van der Waals surface area contributed by atoms with E-state index in [2.05, 4.69) is 20.4 Å². The first-order chi connectivity index (χ1) is 20.3. The molecular formula is C29H36F2N4O8. The minimum absolute atomic E-state index is 0.00756. The molecule has 1 saturated carbocycles. The number of aromatic nitrogens is 1. The number of hydrogen-bond acceptors (Lipinski definition) is 8. The van der Waals surface area contributed by atoms with Gasteiger partial charge in [0.05, 0.1) is 12.6 Å². The van der Waals surface area contributed by atoms with Gasteiger partial charge in [-0.15, -0.1) is 0 Å². The highest BCUT2D eigenvalue weighted by atomic mass is 19.3. The van der Waals surface area contributed by atoms with Crippen LogP contribution < -0.4 is 20.1 Å². The molecule has 1 aromatic heterocycles. The van der Waals surface area contributed by atoms with Crippen molar-refractivity contribution in [2.45, 2.75) is 65.2 Å². The van der Waals surface area contributed by atoms with Crippen molar-refractivity contribution in [3.8, 4) is 23.0 Å². The van der Waals surface area contributed by atoms with E-state index in [4.69, 9.17) is 19.0 Å². The number of rotatable bonds is 11. The summed E-state index contributed by atoms with van der Waals surface area (Å²) in [7, 11) is 0. The molecule has 4 rings (SSSR count). The van der Waals surface area contributed by atoms with Gasteiger partial charge in [-0.3, -0.25) is 4.79 Å². The molecule has 234 valence electrons. The van der Waals surface area contributed by atoms with E-state index in [1.54, 1.807) is 33.8 Å². The fourth-order valence-electron chi connectivity index (χ4n) is 4.22. The predicted octanol–water partition coefficient (Wildman–Crippen LogP) is 5.36. The SMILES string of the molecule is C[C@H](NC(=O)OC(C)(C)C)c1oc(-c2ccc(OC(F)F)c(OCC3CC3)c2)nc1C(=O)NCC1=CCN(C(=O)O)CC1. The molecule has 14 heteroatoms. The Hall–Kier alpha value is -4.36. The number of halogens is 2. The molecular weight excluding hydrogens is 570 g/mol. The van der Waals surface area contributed by atoms with Gasteiger partial charge >= 0.3 is 18.8 Å². The third-order valence-electron chi connectivity index (χ3n) is 6.62. The number of carbonyl (C=O) groups is 3. The zero-order valence-electron chi connectivity index (χ0n) is 24.4. The lowest BCUT2D eigenvalue weighted by molar-refractivity contribution is -0.0515. The third kappa shape index (κ3) is 9.06. The minimum atomic E-state index is -3.05. The maximum Gasteiger partial charge on any atom is 0.408 e. The first kappa shape index (κ1) is 31.6. The van der Waals surface area contributed by atoms with E-state index in [1.165, 1.54) is 23.1 Å². The van der Waals surface area contributed by atoms with Gasteiger partial charge in [-0.25, -0.2) is 14.6 Å². The van der Waals surface area contributed by atoms with Crippen molar-refractivity contribution in [1.29, 1.82) is 0 Å². The zero-order chi connectivity index (χ0) is 31.3. The Morgan fingerprint density at radius 3 is 2.56 bits per heavy atom. The molecule has 1 atom stereocenters. The van der Waals surface area contributed by atoms with Gasteiger partial charge in [0.2, 0.25) is 5.89 Å². The summed E-state index contributed by atoms with van der Waals surface area (Å²) >= 11 is 0. The molecule has 0 radical (unpaired) electrons. The summed E-state index contributed by atoms with van der Waals surface area (Å²) in [4.78, 5) is 42.6. The lowest BCUT2D eigenvalue weighted by atomic mass is 10.1. The number of alkyl carbamates (subject to hydrolysis) is 1. The Morgan fingerprint density at radius 2 is 1.95 bits per heavy atom. The van der Waals surface area contributed by atoms with E-state index in [0.717, 1.165) is 18.4 Å². The third-order valence-corrected chi connectivity index (χ3v) is 6.62. The summed E-state index contributed by atoms with van der Waals surface area (Å²) in [6.07, 6.45) is 2.43. The second kappa shape index (κ2) is 13.3. The molecule has 1 aromatic carbocycles. The van der Waals surface area contributed by atoms with Crippen LogP contribution in [-0.2, 0) is 4.74 Å². The number of carboxylic acid groups (broad SMARTS) is 1. The molecule has 1 fully saturated rings. The molecule has 0 bridgehead atoms. The largest absolute Gasteiger partial charge is 0.489 e. The Balaban J connectivity index is 1.59. The van der Waals surface area contributed by atoms with Crippen molar-refractivity contribution >= 4 is 18.1 Å². The first-order valence-corrected chi connectivity index (χ1v) is 13.9. The van der Waals surface area contributed by atoms with Crippen LogP contribution in [0.15, 0.2) is 34.3 Å². The molecule has 2 aliphatic rings. The van der Waals surface area contributed by atoms with Crippen molar-refractivity contribution in [3.63, 3.8) is 0 Å². The summed E-state index contributed by atoms with van der Waals surface area (Å²) in [5, 5.41) is 14.6. The van der Waals surface area contributed by atoms with Crippen molar-refractivity contribution in [2.75, 3.05) is 26.2 Å². The number of alkyl halides is 2. The van der Waals surface area contributed by atoms with Crippen LogP contribution in [0, 0.1) is 5.92 Å². The lowest BCUT2D eigenvalue weighted by Gasteiger charge is -2.23. The van der Waals surface area contributed by atoms with Crippen LogP contribution in [-0.4, -0.2) is 71.5 Å². The molecule has 43 heavy (non-hydrogen) atoms. The molecule has 12 nitrogen and oxygen atoms in total. The standard InChI is InChI=1S/C29H36F2N4O8/c1-16(33-27(37)43-29(2,3)4)23-22(24(36)32-14-17-9-11-35(12-10-17)28(38)39)34-25(42-23)19-7-8-20(41-26(30)31)21(13-19)40-15-18-5-6-18/h7-9,13,16,18,26H,5-6,10-12,14-15H2,1-4H3,(H,32,36)(H,33,37)(H,38,39)/t16-/m0/s1. The number of nitrogens with zero attached hydrogens (tertiary/aromatic N) is 2. The van der Waals surface area contributed by atoms with Gasteiger partial charge in [-0.2, -0.15) is 8.78 Å². The number of ether oxygens (including phenoxy) is 3. The maximum atomic E-state index is 13.3. The van der Waals surface area contributed by atoms with E-state index in [-0.39, 0.29) is 41.9 Å². The number of hydrogen-bond donors (Lipinski definition) is 3. The van der Waals surface area contributed by atoms with E-state index in [0.29, 0.717) is 31.1 Å². The normalized spacial score (nSPS) is 15.9. The molecule has 2 heterocycles. The van der Waals surface area contributed by atoms with E-state index >= 15 is 0 Å². The van der Waals surface area contributed by atoms with Crippen LogP contribution in [0.5, 0.6) is 11.5 Å². The summed E-state index contributed by atoms with van der Waals surface area (Å²) in [6, 6.07) is 3.36. The summed E-state index contributed by atoms with van der Waals surface area (Å²) in [5.74, 6) is -0.278. The van der Waals surface area contributed by atoms with Gasteiger partial charge in [0.15, 0.2) is 23.0 Å². The number of amides is 3. The van der Waals surface area contributed by atoms with Crippen molar-refractivity contribution < 1.29 is 46.9 Å². The summed E-state index contributed by atoms with van der Waals surface area (Å²) in [6.45, 7) is 4.69. The quantitative estimate of drug-likeness (QED) is 0.287. The highest BCUT2D eigenvalue weighted by Crippen LogP contribution is 2.37. The van der Waals surface area contributed by atoms with Crippen LogP contribution in [0.4, 0.5) is 18.4 Å². The fraction of sp³-hybridized carbons (Fsp3) is 0.517. The second-order valence-electron chi connectivity index (χ2n) is 11.4. The Labute approximate surface area is 247 Å². The topological polar surface area (TPSA) is 152 Å². The van der Waals surface area contributed by atoms with Gasteiger partial charge < -0.3 is 39.3 Å². The highest BCUT2D eigenvalue weighted by Gasteiger charge is 2.29. The van der Waals surface area contributed by atoms with Crippen molar-refractivity contribution in [2.24, 2.45) is 5.92 Å². The van der Waals surface area contributed by atoms with Gasteiger partial charge in [0, 0.05) is 25.2 Å². The monoisotopic (exact) mass is 606 g/mol. The smallest absolute Gasteiger partial charge is 0.408 e. The van der Waals surface area contributed by atoms with E-state index < -0.39 is 36.3 Å². The highest BCUT2D eigenvalue weighted by molar-refractivity contribution is 5.94. The van der Waals surface area contributed by atoms with Crippen LogP contribution >= 0.6 is 0 Å². The Bertz CT molecular complexity index is 1370. The Morgan fingerprint density at radius 1 is 1.21 bits per heavy atom. The van der Waals surface area contributed by atoms with Crippen LogP contribution in [0.25, 0.3) is 11.5 Å².